The van der Waals surface area contributed by atoms with E-state index >= 15 is 0 Å². The largest absolute Gasteiger partial charge is 0.461 e. The molecule has 4 rings (SSSR count). The lowest BCUT2D eigenvalue weighted by Crippen LogP contribution is -2.27. The van der Waals surface area contributed by atoms with Crippen molar-refractivity contribution in [1.82, 2.24) is 30.0 Å². The average molecular weight is 375 g/mol. The SMILES string of the molecule is Cc1cccnc1CNC(=O)c1c(N)nc(-c2ccco2)nc1-n1cccn1. The van der Waals surface area contributed by atoms with Gasteiger partial charge in [-0.15, -0.1) is 0 Å². The first-order valence-corrected chi connectivity index (χ1v) is 8.53. The maximum atomic E-state index is 12.9. The van der Waals surface area contributed by atoms with Gasteiger partial charge in [0.15, 0.2) is 17.4 Å². The molecule has 0 unspecified atom stereocenters. The van der Waals surface area contributed by atoms with Crippen LogP contribution in [0.5, 0.6) is 0 Å². The lowest BCUT2D eigenvalue weighted by atomic mass is 10.2. The Balaban J connectivity index is 1.71. The summed E-state index contributed by atoms with van der Waals surface area (Å²) >= 11 is 0. The Bertz CT molecular complexity index is 1110. The molecular formula is C19H17N7O2. The molecule has 9 heteroatoms. The van der Waals surface area contributed by atoms with Crippen molar-refractivity contribution in [1.29, 1.82) is 0 Å². The molecule has 140 valence electrons. The number of hydrogen-bond donors (Lipinski definition) is 2. The Morgan fingerprint density at radius 3 is 2.82 bits per heavy atom. The van der Waals surface area contributed by atoms with E-state index in [9.17, 15) is 4.79 Å². The summed E-state index contributed by atoms with van der Waals surface area (Å²) in [6.45, 7) is 2.18. The maximum Gasteiger partial charge on any atom is 0.259 e. The molecule has 0 saturated heterocycles. The fourth-order valence-corrected chi connectivity index (χ4v) is 2.72. The molecule has 0 bridgehead atoms. The van der Waals surface area contributed by atoms with Crippen molar-refractivity contribution in [2.45, 2.75) is 13.5 Å². The summed E-state index contributed by atoms with van der Waals surface area (Å²) in [5.74, 6) is 0.585. The lowest BCUT2D eigenvalue weighted by Gasteiger charge is -2.13. The Morgan fingerprint density at radius 1 is 1.21 bits per heavy atom. The highest BCUT2D eigenvalue weighted by Crippen LogP contribution is 2.23. The predicted molar refractivity (Wildman–Crippen MR) is 101 cm³/mol. The minimum atomic E-state index is -0.418. The molecule has 4 aromatic rings. The summed E-state index contributed by atoms with van der Waals surface area (Å²) in [6, 6.07) is 8.93. The van der Waals surface area contributed by atoms with Crippen molar-refractivity contribution < 1.29 is 9.21 Å². The van der Waals surface area contributed by atoms with Crippen LogP contribution in [0.15, 0.2) is 59.6 Å². The van der Waals surface area contributed by atoms with Crippen LogP contribution in [0.4, 0.5) is 5.82 Å². The molecule has 0 aliphatic heterocycles. The maximum absolute atomic E-state index is 12.9. The number of anilines is 1. The number of carbonyl (C=O) groups is 1. The van der Waals surface area contributed by atoms with E-state index in [1.807, 2.05) is 19.1 Å². The quantitative estimate of drug-likeness (QED) is 0.547. The number of furan rings is 1. The van der Waals surface area contributed by atoms with Crippen LogP contribution in [0.3, 0.4) is 0 Å². The molecule has 9 nitrogen and oxygen atoms in total. The van der Waals surface area contributed by atoms with Crippen molar-refractivity contribution >= 4 is 11.7 Å². The van der Waals surface area contributed by atoms with Gasteiger partial charge in [0.25, 0.3) is 5.91 Å². The van der Waals surface area contributed by atoms with Gasteiger partial charge in [0.05, 0.1) is 18.5 Å². The van der Waals surface area contributed by atoms with E-state index in [4.69, 9.17) is 10.2 Å². The van der Waals surface area contributed by atoms with Gasteiger partial charge in [0.2, 0.25) is 0 Å². The third-order valence-corrected chi connectivity index (χ3v) is 4.14. The summed E-state index contributed by atoms with van der Waals surface area (Å²) in [4.78, 5) is 25.9. The van der Waals surface area contributed by atoms with E-state index in [2.05, 4.69) is 25.4 Å². The van der Waals surface area contributed by atoms with Gasteiger partial charge in [-0.05, 0) is 36.8 Å². The number of pyridine rings is 1. The van der Waals surface area contributed by atoms with Crippen molar-refractivity contribution in [3.8, 4) is 17.4 Å². The van der Waals surface area contributed by atoms with Crippen LogP contribution in [0.1, 0.15) is 21.6 Å². The molecule has 0 spiro atoms. The Hall–Kier alpha value is -4.01. The molecular weight excluding hydrogens is 358 g/mol. The van der Waals surface area contributed by atoms with Gasteiger partial charge in [0, 0.05) is 18.6 Å². The number of nitrogens with two attached hydrogens (primary N) is 1. The second-order valence-corrected chi connectivity index (χ2v) is 6.01. The molecule has 4 aromatic heterocycles. The van der Waals surface area contributed by atoms with Gasteiger partial charge < -0.3 is 15.5 Å². The molecule has 3 N–H and O–H groups in total. The molecule has 28 heavy (non-hydrogen) atoms. The summed E-state index contributed by atoms with van der Waals surface area (Å²) in [7, 11) is 0. The fraction of sp³-hybridized carbons (Fsp3) is 0.105. The van der Waals surface area contributed by atoms with Crippen LogP contribution >= 0.6 is 0 Å². The second-order valence-electron chi connectivity index (χ2n) is 6.01. The Kier molecular flexibility index (Phi) is 4.55. The number of aromatic nitrogens is 5. The molecule has 4 heterocycles. The summed E-state index contributed by atoms with van der Waals surface area (Å²) in [6.07, 6.45) is 6.45. The number of amides is 1. The van der Waals surface area contributed by atoms with Gasteiger partial charge in [0.1, 0.15) is 11.4 Å². The number of nitrogen functional groups attached to an aromatic ring is 1. The van der Waals surface area contributed by atoms with Crippen LogP contribution in [-0.4, -0.2) is 30.6 Å². The second kappa shape index (κ2) is 7.31. The average Bonchev–Trinajstić information content (AvgIpc) is 3.40. The standard InChI is InChI=1S/C19H17N7O2/c1-12-5-2-7-21-13(12)11-22-19(27)15-16(20)24-17(14-6-3-10-28-14)25-18(15)26-9-4-8-23-26/h2-10H,11H2,1H3,(H,22,27)(H2,20,24,25). The van der Waals surface area contributed by atoms with Crippen LogP contribution in [0.2, 0.25) is 0 Å². The van der Waals surface area contributed by atoms with E-state index in [1.165, 1.54) is 10.9 Å². The molecule has 0 aromatic carbocycles. The zero-order valence-corrected chi connectivity index (χ0v) is 15.0. The minimum absolute atomic E-state index is 0.0298. The van der Waals surface area contributed by atoms with E-state index in [0.29, 0.717) is 5.76 Å². The molecule has 0 fully saturated rings. The lowest BCUT2D eigenvalue weighted by molar-refractivity contribution is 0.0950. The van der Waals surface area contributed by atoms with Crippen LogP contribution < -0.4 is 11.1 Å². The zero-order chi connectivity index (χ0) is 19.5. The first-order chi connectivity index (χ1) is 13.6. The van der Waals surface area contributed by atoms with Gasteiger partial charge >= 0.3 is 0 Å². The van der Waals surface area contributed by atoms with E-state index in [0.717, 1.165) is 11.3 Å². The van der Waals surface area contributed by atoms with E-state index in [-0.39, 0.29) is 29.6 Å². The Morgan fingerprint density at radius 2 is 2.11 bits per heavy atom. The molecule has 0 aliphatic carbocycles. The highest BCUT2D eigenvalue weighted by atomic mass is 16.3. The number of hydrogen-bond acceptors (Lipinski definition) is 7. The number of carbonyl (C=O) groups excluding carboxylic acids is 1. The first kappa shape index (κ1) is 17.4. The van der Waals surface area contributed by atoms with Gasteiger partial charge in [-0.1, -0.05) is 6.07 Å². The predicted octanol–water partition coefficient (Wildman–Crippen LogP) is 2.14. The van der Waals surface area contributed by atoms with Crippen LogP contribution in [-0.2, 0) is 6.54 Å². The van der Waals surface area contributed by atoms with Crippen molar-refractivity contribution in [3.63, 3.8) is 0 Å². The highest BCUT2D eigenvalue weighted by molar-refractivity contribution is 6.01. The van der Waals surface area contributed by atoms with E-state index in [1.54, 1.807) is 36.8 Å². The molecule has 0 aliphatic rings. The zero-order valence-electron chi connectivity index (χ0n) is 15.0. The van der Waals surface area contributed by atoms with Crippen LogP contribution in [0, 0.1) is 6.92 Å². The molecule has 0 atom stereocenters. The van der Waals surface area contributed by atoms with Gasteiger partial charge in [-0.3, -0.25) is 9.78 Å². The summed E-state index contributed by atoms with van der Waals surface area (Å²) in [5, 5.41) is 7.00. The highest BCUT2D eigenvalue weighted by Gasteiger charge is 2.22. The van der Waals surface area contributed by atoms with Crippen LogP contribution in [0.25, 0.3) is 17.4 Å². The van der Waals surface area contributed by atoms with Crippen molar-refractivity contribution in [2.75, 3.05) is 5.73 Å². The normalized spacial score (nSPS) is 10.8. The van der Waals surface area contributed by atoms with Crippen molar-refractivity contribution in [2.24, 2.45) is 0 Å². The van der Waals surface area contributed by atoms with Gasteiger partial charge in [-0.2, -0.15) is 5.10 Å². The number of nitrogens with zero attached hydrogens (tertiary/aromatic N) is 5. The van der Waals surface area contributed by atoms with Crippen molar-refractivity contribution in [3.05, 3.63) is 72.0 Å². The number of aryl methyl sites for hydroxylation is 1. The Labute approximate surface area is 160 Å². The monoisotopic (exact) mass is 375 g/mol. The third-order valence-electron chi connectivity index (χ3n) is 4.14. The van der Waals surface area contributed by atoms with E-state index < -0.39 is 5.91 Å². The third kappa shape index (κ3) is 3.32. The smallest absolute Gasteiger partial charge is 0.259 e. The summed E-state index contributed by atoms with van der Waals surface area (Å²) in [5.41, 5.74) is 8.00. The summed E-state index contributed by atoms with van der Waals surface area (Å²) < 4.78 is 6.81. The first-order valence-electron chi connectivity index (χ1n) is 8.53. The fourth-order valence-electron chi connectivity index (χ4n) is 2.72. The molecule has 0 radical (unpaired) electrons. The molecule has 1 amide bonds. The topological polar surface area (TPSA) is 125 Å². The molecule has 0 saturated carbocycles. The number of nitrogens with one attached hydrogen (secondary N) is 1. The van der Waals surface area contributed by atoms with Gasteiger partial charge in [-0.25, -0.2) is 14.6 Å². The minimum Gasteiger partial charge on any atom is -0.461 e. The number of rotatable bonds is 5.